The molecule has 0 spiro atoms. The first-order chi connectivity index (χ1) is 9.34. The number of nitrogens with two attached hydrogens (primary N) is 1. The van der Waals surface area contributed by atoms with Crippen molar-refractivity contribution in [2.45, 2.75) is 56.5 Å². The van der Waals surface area contributed by atoms with Gasteiger partial charge in [-0.15, -0.1) is 0 Å². The summed E-state index contributed by atoms with van der Waals surface area (Å²) in [6, 6.07) is 12.1. The van der Waals surface area contributed by atoms with E-state index in [1.54, 1.807) is 0 Å². The maximum atomic E-state index is 6.31. The standard InChI is InChI=1S/C17H26N2/c18-16-8-4-5-9-17(16)19-12-10-15(11-13-19)14-6-2-1-3-7-14/h1-3,6-7,15-17H,4-5,8-13,18H2/t16-,17-/m1/s1. The zero-order chi connectivity index (χ0) is 13.1. The molecule has 1 heterocycles. The molecular formula is C17H26N2. The van der Waals surface area contributed by atoms with E-state index in [1.165, 1.54) is 57.2 Å². The lowest BCUT2D eigenvalue weighted by Crippen LogP contribution is -2.51. The molecule has 0 radical (unpaired) electrons. The van der Waals surface area contributed by atoms with Gasteiger partial charge in [-0.1, -0.05) is 43.2 Å². The van der Waals surface area contributed by atoms with Crippen LogP contribution >= 0.6 is 0 Å². The zero-order valence-electron chi connectivity index (χ0n) is 11.8. The van der Waals surface area contributed by atoms with Crippen molar-refractivity contribution in [3.8, 4) is 0 Å². The molecule has 1 aliphatic heterocycles. The smallest absolute Gasteiger partial charge is 0.0247 e. The minimum Gasteiger partial charge on any atom is -0.326 e. The largest absolute Gasteiger partial charge is 0.326 e. The monoisotopic (exact) mass is 258 g/mol. The quantitative estimate of drug-likeness (QED) is 0.883. The van der Waals surface area contributed by atoms with E-state index in [4.69, 9.17) is 5.73 Å². The van der Waals surface area contributed by atoms with Gasteiger partial charge in [0.15, 0.2) is 0 Å². The lowest BCUT2D eigenvalue weighted by atomic mass is 9.85. The minimum atomic E-state index is 0.419. The van der Waals surface area contributed by atoms with Gasteiger partial charge in [0.1, 0.15) is 0 Å². The minimum absolute atomic E-state index is 0.419. The molecule has 0 amide bonds. The maximum Gasteiger partial charge on any atom is 0.0247 e. The summed E-state index contributed by atoms with van der Waals surface area (Å²) in [6.07, 6.45) is 7.84. The second-order valence-electron chi connectivity index (χ2n) is 6.24. The van der Waals surface area contributed by atoms with Crippen LogP contribution in [0, 0.1) is 0 Å². The molecule has 2 heteroatoms. The molecule has 104 valence electrons. The van der Waals surface area contributed by atoms with Gasteiger partial charge in [0.2, 0.25) is 0 Å². The van der Waals surface area contributed by atoms with E-state index < -0.39 is 0 Å². The Kier molecular flexibility index (Phi) is 4.19. The SMILES string of the molecule is N[C@@H]1CCCC[C@H]1N1CCC(c2ccccc2)CC1. The van der Waals surface area contributed by atoms with Crippen LogP contribution in [0.3, 0.4) is 0 Å². The van der Waals surface area contributed by atoms with Crippen LogP contribution in [-0.2, 0) is 0 Å². The van der Waals surface area contributed by atoms with Gasteiger partial charge in [-0.05, 0) is 50.3 Å². The Morgan fingerprint density at radius 3 is 2.26 bits per heavy atom. The van der Waals surface area contributed by atoms with Crippen molar-refractivity contribution < 1.29 is 0 Å². The number of piperidine rings is 1. The summed E-state index contributed by atoms with van der Waals surface area (Å²) in [5.41, 5.74) is 7.84. The number of hydrogen-bond acceptors (Lipinski definition) is 2. The average Bonchev–Trinajstić information content (AvgIpc) is 2.49. The first-order valence-corrected chi connectivity index (χ1v) is 7.89. The van der Waals surface area contributed by atoms with Gasteiger partial charge < -0.3 is 5.73 Å². The molecule has 19 heavy (non-hydrogen) atoms. The highest BCUT2D eigenvalue weighted by atomic mass is 15.2. The van der Waals surface area contributed by atoms with Crippen LogP contribution in [0.2, 0.25) is 0 Å². The Morgan fingerprint density at radius 2 is 1.58 bits per heavy atom. The van der Waals surface area contributed by atoms with E-state index in [2.05, 4.69) is 35.2 Å². The highest BCUT2D eigenvalue weighted by molar-refractivity contribution is 5.20. The highest BCUT2D eigenvalue weighted by Gasteiger charge is 2.30. The highest BCUT2D eigenvalue weighted by Crippen LogP contribution is 2.31. The first-order valence-electron chi connectivity index (χ1n) is 7.89. The Hall–Kier alpha value is -0.860. The molecule has 1 aliphatic carbocycles. The van der Waals surface area contributed by atoms with E-state index in [9.17, 15) is 0 Å². The molecule has 2 aliphatic rings. The van der Waals surface area contributed by atoms with E-state index in [-0.39, 0.29) is 0 Å². The summed E-state index contributed by atoms with van der Waals surface area (Å²) >= 11 is 0. The Balaban J connectivity index is 1.57. The van der Waals surface area contributed by atoms with Crippen LogP contribution in [0.25, 0.3) is 0 Å². The fourth-order valence-corrected chi connectivity index (χ4v) is 3.88. The molecule has 2 fully saturated rings. The Morgan fingerprint density at radius 1 is 0.895 bits per heavy atom. The molecular weight excluding hydrogens is 232 g/mol. The zero-order valence-corrected chi connectivity index (χ0v) is 11.8. The molecule has 2 atom stereocenters. The van der Waals surface area contributed by atoms with Gasteiger partial charge in [-0.2, -0.15) is 0 Å². The fraction of sp³-hybridized carbons (Fsp3) is 0.647. The normalized spacial score (nSPS) is 30.4. The van der Waals surface area contributed by atoms with Crippen LogP contribution in [0.1, 0.15) is 50.0 Å². The third kappa shape index (κ3) is 3.01. The predicted octanol–water partition coefficient (Wildman–Crippen LogP) is 3.14. The van der Waals surface area contributed by atoms with Crippen molar-refractivity contribution in [3.05, 3.63) is 35.9 Å². The lowest BCUT2D eigenvalue weighted by molar-refractivity contribution is 0.107. The maximum absolute atomic E-state index is 6.31. The van der Waals surface area contributed by atoms with Crippen molar-refractivity contribution in [3.63, 3.8) is 0 Å². The summed E-state index contributed by atoms with van der Waals surface area (Å²) < 4.78 is 0. The molecule has 1 saturated heterocycles. The van der Waals surface area contributed by atoms with Crippen molar-refractivity contribution in [2.24, 2.45) is 5.73 Å². The number of rotatable bonds is 2. The first kappa shape index (κ1) is 13.1. The number of likely N-dealkylation sites (tertiary alicyclic amines) is 1. The van der Waals surface area contributed by atoms with Crippen LogP contribution in [0.15, 0.2) is 30.3 Å². The van der Waals surface area contributed by atoms with Crippen molar-refractivity contribution >= 4 is 0 Å². The summed E-state index contributed by atoms with van der Waals surface area (Å²) in [4.78, 5) is 2.67. The van der Waals surface area contributed by atoms with Crippen LogP contribution in [-0.4, -0.2) is 30.1 Å². The molecule has 0 aromatic heterocycles. The number of benzene rings is 1. The van der Waals surface area contributed by atoms with E-state index in [0.29, 0.717) is 12.1 Å². The third-order valence-corrected chi connectivity index (χ3v) is 5.05. The van der Waals surface area contributed by atoms with Gasteiger partial charge in [0.25, 0.3) is 0 Å². The van der Waals surface area contributed by atoms with Gasteiger partial charge in [0.05, 0.1) is 0 Å². The molecule has 0 unspecified atom stereocenters. The van der Waals surface area contributed by atoms with E-state index in [1.807, 2.05) is 0 Å². The van der Waals surface area contributed by atoms with Crippen molar-refractivity contribution in [1.29, 1.82) is 0 Å². The third-order valence-electron chi connectivity index (χ3n) is 5.05. The summed E-state index contributed by atoms with van der Waals surface area (Å²) in [5, 5.41) is 0. The second-order valence-corrected chi connectivity index (χ2v) is 6.24. The van der Waals surface area contributed by atoms with Crippen molar-refractivity contribution in [1.82, 2.24) is 4.90 Å². The number of hydrogen-bond donors (Lipinski definition) is 1. The lowest BCUT2D eigenvalue weighted by Gasteiger charge is -2.42. The second kappa shape index (κ2) is 6.06. The van der Waals surface area contributed by atoms with Gasteiger partial charge >= 0.3 is 0 Å². The molecule has 1 saturated carbocycles. The summed E-state index contributed by atoms with van der Waals surface area (Å²) in [7, 11) is 0. The van der Waals surface area contributed by atoms with Crippen LogP contribution < -0.4 is 5.73 Å². The van der Waals surface area contributed by atoms with Crippen LogP contribution in [0.4, 0.5) is 0 Å². The molecule has 2 N–H and O–H groups in total. The van der Waals surface area contributed by atoms with Gasteiger partial charge in [-0.3, -0.25) is 4.90 Å². The molecule has 2 nitrogen and oxygen atoms in total. The molecule has 1 aromatic rings. The number of nitrogens with zero attached hydrogens (tertiary/aromatic N) is 1. The van der Waals surface area contributed by atoms with Gasteiger partial charge in [-0.25, -0.2) is 0 Å². The predicted molar refractivity (Wildman–Crippen MR) is 80.2 cm³/mol. The molecule has 1 aromatic carbocycles. The summed E-state index contributed by atoms with van der Waals surface area (Å²) in [6.45, 7) is 2.47. The van der Waals surface area contributed by atoms with Crippen LogP contribution in [0.5, 0.6) is 0 Å². The Labute approximate surface area is 117 Å². The average molecular weight is 258 g/mol. The topological polar surface area (TPSA) is 29.3 Å². The molecule has 3 rings (SSSR count). The van der Waals surface area contributed by atoms with Crippen molar-refractivity contribution in [2.75, 3.05) is 13.1 Å². The Bertz CT molecular complexity index is 382. The van der Waals surface area contributed by atoms with E-state index >= 15 is 0 Å². The molecule has 0 bridgehead atoms. The van der Waals surface area contributed by atoms with E-state index in [0.717, 1.165) is 5.92 Å². The summed E-state index contributed by atoms with van der Waals surface area (Å²) in [5.74, 6) is 0.761. The van der Waals surface area contributed by atoms with Gasteiger partial charge in [0, 0.05) is 12.1 Å². The fourth-order valence-electron chi connectivity index (χ4n) is 3.88.